The van der Waals surface area contributed by atoms with Crippen LogP contribution in [0.1, 0.15) is 15.9 Å². The highest BCUT2D eigenvalue weighted by Crippen LogP contribution is 2.26. The molecule has 0 atom stereocenters. The van der Waals surface area contributed by atoms with Crippen molar-refractivity contribution in [3.8, 4) is 17.2 Å². The second-order valence-corrected chi connectivity index (χ2v) is 6.30. The van der Waals surface area contributed by atoms with Crippen LogP contribution in [0.25, 0.3) is 0 Å². The number of anilines is 2. The molecule has 0 aromatic heterocycles. The summed E-state index contributed by atoms with van der Waals surface area (Å²) in [5, 5.41) is 35.6. The van der Waals surface area contributed by atoms with Gasteiger partial charge in [-0.3, -0.25) is 4.79 Å². The second kappa shape index (κ2) is 7.88. The van der Waals surface area contributed by atoms with Crippen molar-refractivity contribution in [2.75, 3.05) is 10.6 Å². The molecule has 0 aliphatic heterocycles. The molecule has 1 amide bonds. The Morgan fingerprint density at radius 1 is 0.852 bits per heavy atom. The number of aromatic hydroxyl groups is 3. The number of carbonyl (C=O) groups is 1. The highest BCUT2D eigenvalue weighted by molar-refractivity contribution is 6.30. The SMILES string of the molecule is O=C(Nc1ccc(Cl)cc1)c1cc(NCc2cc(O)ccc2O)ccc1O. The Morgan fingerprint density at radius 3 is 2.26 bits per heavy atom. The average Bonchev–Trinajstić information content (AvgIpc) is 2.65. The summed E-state index contributed by atoms with van der Waals surface area (Å²) < 4.78 is 0. The van der Waals surface area contributed by atoms with Crippen LogP contribution in [0.3, 0.4) is 0 Å². The minimum absolute atomic E-state index is 0.0401. The standard InChI is InChI=1S/C20H17ClN2O4/c21-13-1-3-14(4-2-13)23-20(27)17-10-15(5-7-19(17)26)22-11-12-9-16(24)6-8-18(12)25/h1-10,22,24-26H,11H2,(H,23,27). The highest BCUT2D eigenvalue weighted by atomic mass is 35.5. The van der Waals surface area contributed by atoms with Crippen LogP contribution in [0.15, 0.2) is 60.7 Å². The topological polar surface area (TPSA) is 102 Å². The maximum absolute atomic E-state index is 12.4. The Morgan fingerprint density at radius 2 is 1.52 bits per heavy atom. The van der Waals surface area contributed by atoms with Crippen molar-refractivity contribution in [3.05, 3.63) is 76.8 Å². The number of hydrogen-bond donors (Lipinski definition) is 5. The normalized spacial score (nSPS) is 10.4. The molecule has 0 bridgehead atoms. The van der Waals surface area contributed by atoms with E-state index in [0.717, 1.165) is 0 Å². The van der Waals surface area contributed by atoms with Crippen LogP contribution >= 0.6 is 11.6 Å². The van der Waals surface area contributed by atoms with Crippen molar-refractivity contribution in [2.45, 2.75) is 6.54 Å². The zero-order valence-corrected chi connectivity index (χ0v) is 14.9. The van der Waals surface area contributed by atoms with E-state index < -0.39 is 5.91 Å². The first kappa shape index (κ1) is 18.4. The zero-order valence-electron chi connectivity index (χ0n) is 14.1. The first-order valence-electron chi connectivity index (χ1n) is 8.07. The molecule has 0 unspecified atom stereocenters. The molecule has 6 nitrogen and oxygen atoms in total. The largest absolute Gasteiger partial charge is 0.508 e. The maximum Gasteiger partial charge on any atom is 0.259 e. The minimum Gasteiger partial charge on any atom is -0.508 e. The number of hydrogen-bond acceptors (Lipinski definition) is 5. The number of phenols is 3. The molecule has 0 spiro atoms. The van der Waals surface area contributed by atoms with Gasteiger partial charge in [0.25, 0.3) is 5.91 Å². The van der Waals surface area contributed by atoms with Gasteiger partial charge in [-0.1, -0.05) is 11.6 Å². The third-order valence-corrected chi connectivity index (χ3v) is 4.14. The summed E-state index contributed by atoms with van der Waals surface area (Å²) in [4.78, 5) is 12.4. The fourth-order valence-electron chi connectivity index (χ4n) is 2.47. The molecule has 0 radical (unpaired) electrons. The van der Waals surface area contributed by atoms with Crippen LogP contribution in [-0.4, -0.2) is 21.2 Å². The van der Waals surface area contributed by atoms with Gasteiger partial charge in [-0.25, -0.2) is 0 Å². The summed E-state index contributed by atoms with van der Waals surface area (Å²) in [6, 6.07) is 15.3. The van der Waals surface area contributed by atoms with E-state index in [2.05, 4.69) is 10.6 Å². The number of benzene rings is 3. The molecule has 138 valence electrons. The van der Waals surface area contributed by atoms with Gasteiger partial charge in [-0.05, 0) is 60.7 Å². The lowest BCUT2D eigenvalue weighted by Gasteiger charge is -2.12. The number of rotatable bonds is 5. The number of nitrogens with one attached hydrogen (secondary N) is 2. The van der Waals surface area contributed by atoms with Crippen LogP contribution in [0.5, 0.6) is 17.2 Å². The summed E-state index contributed by atoms with van der Waals surface area (Å²) >= 11 is 5.82. The van der Waals surface area contributed by atoms with Crippen molar-refractivity contribution in [1.82, 2.24) is 0 Å². The third kappa shape index (κ3) is 4.62. The summed E-state index contributed by atoms with van der Waals surface area (Å²) in [7, 11) is 0. The van der Waals surface area contributed by atoms with Gasteiger partial charge in [0, 0.05) is 28.5 Å². The van der Waals surface area contributed by atoms with Gasteiger partial charge in [0.1, 0.15) is 17.2 Å². The van der Waals surface area contributed by atoms with E-state index in [9.17, 15) is 20.1 Å². The maximum atomic E-state index is 12.4. The Balaban J connectivity index is 1.74. The lowest BCUT2D eigenvalue weighted by molar-refractivity contribution is 0.102. The molecule has 7 heteroatoms. The van der Waals surface area contributed by atoms with E-state index in [1.165, 1.54) is 30.3 Å². The molecule has 0 aliphatic carbocycles. The smallest absolute Gasteiger partial charge is 0.259 e. The lowest BCUT2D eigenvalue weighted by atomic mass is 10.1. The Hall–Kier alpha value is -3.38. The molecule has 3 aromatic carbocycles. The summed E-state index contributed by atoms with van der Waals surface area (Å²) in [5.74, 6) is -0.552. The van der Waals surface area contributed by atoms with E-state index in [1.54, 1.807) is 30.3 Å². The van der Waals surface area contributed by atoms with Crippen LogP contribution in [0.2, 0.25) is 5.02 Å². The summed E-state index contributed by atoms with van der Waals surface area (Å²) in [6.07, 6.45) is 0. The van der Waals surface area contributed by atoms with E-state index in [0.29, 0.717) is 22.0 Å². The van der Waals surface area contributed by atoms with E-state index in [1.807, 2.05) is 0 Å². The van der Waals surface area contributed by atoms with Gasteiger partial charge >= 0.3 is 0 Å². The van der Waals surface area contributed by atoms with Gasteiger partial charge in [0.05, 0.1) is 5.56 Å². The average molecular weight is 385 g/mol. The van der Waals surface area contributed by atoms with E-state index in [-0.39, 0.29) is 29.4 Å². The van der Waals surface area contributed by atoms with Crippen LogP contribution < -0.4 is 10.6 Å². The summed E-state index contributed by atoms with van der Waals surface area (Å²) in [5.41, 5.74) is 1.70. The molecular formula is C20H17ClN2O4. The predicted octanol–water partition coefficient (Wildman–Crippen LogP) is 4.32. The van der Waals surface area contributed by atoms with Crippen LogP contribution in [0, 0.1) is 0 Å². The van der Waals surface area contributed by atoms with Crippen molar-refractivity contribution in [3.63, 3.8) is 0 Å². The molecule has 3 aromatic rings. The molecule has 0 saturated carbocycles. The van der Waals surface area contributed by atoms with E-state index in [4.69, 9.17) is 11.6 Å². The number of halogens is 1. The second-order valence-electron chi connectivity index (χ2n) is 5.86. The fraction of sp³-hybridized carbons (Fsp3) is 0.0500. The van der Waals surface area contributed by atoms with E-state index >= 15 is 0 Å². The Labute approximate surface area is 160 Å². The minimum atomic E-state index is -0.473. The number of phenolic OH excluding ortho intramolecular Hbond substituents is 3. The van der Waals surface area contributed by atoms with Gasteiger partial charge in [0.15, 0.2) is 0 Å². The Bertz CT molecular complexity index is 974. The molecule has 5 N–H and O–H groups in total. The van der Waals surface area contributed by atoms with Gasteiger partial charge in [-0.15, -0.1) is 0 Å². The first-order chi connectivity index (χ1) is 12.9. The molecular weight excluding hydrogens is 368 g/mol. The van der Waals surface area contributed by atoms with Crippen molar-refractivity contribution < 1.29 is 20.1 Å². The van der Waals surface area contributed by atoms with Gasteiger partial charge < -0.3 is 26.0 Å². The van der Waals surface area contributed by atoms with Gasteiger partial charge in [0.2, 0.25) is 0 Å². The monoisotopic (exact) mass is 384 g/mol. The Kier molecular flexibility index (Phi) is 5.38. The van der Waals surface area contributed by atoms with Gasteiger partial charge in [-0.2, -0.15) is 0 Å². The van der Waals surface area contributed by atoms with Crippen LogP contribution in [0.4, 0.5) is 11.4 Å². The predicted molar refractivity (Wildman–Crippen MR) is 105 cm³/mol. The quantitative estimate of drug-likeness (QED) is 0.422. The van der Waals surface area contributed by atoms with Crippen molar-refractivity contribution >= 4 is 28.9 Å². The first-order valence-corrected chi connectivity index (χ1v) is 8.45. The van der Waals surface area contributed by atoms with Crippen molar-refractivity contribution in [2.24, 2.45) is 0 Å². The number of carbonyl (C=O) groups excluding carboxylic acids is 1. The fourth-order valence-corrected chi connectivity index (χ4v) is 2.60. The lowest BCUT2D eigenvalue weighted by Crippen LogP contribution is -2.12. The molecule has 0 heterocycles. The molecule has 3 rings (SSSR count). The molecule has 0 saturated heterocycles. The zero-order chi connectivity index (χ0) is 19.4. The molecule has 27 heavy (non-hydrogen) atoms. The highest BCUT2D eigenvalue weighted by Gasteiger charge is 2.13. The van der Waals surface area contributed by atoms with Crippen molar-refractivity contribution in [1.29, 1.82) is 0 Å². The number of amides is 1. The molecule has 0 aliphatic rings. The molecule has 0 fully saturated rings. The summed E-state index contributed by atoms with van der Waals surface area (Å²) in [6.45, 7) is 0.225. The third-order valence-electron chi connectivity index (χ3n) is 3.89. The van der Waals surface area contributed by atoms with Crippen LogP contribution in [-0.2, 0) is 6.54 Å².